The molecule has 2 aromatic carbocycles. The first-order valence-corrected chi connectivity index (χ1v) is 8.17. The summed E-state index contributed by atoms with van der Waals surface area (Å²) in [5, 5.41) is 6.85. The predicted octanol–water partition coefficient (Wildman–Crippen LogP) is 3.30. The van der Waals surface area contributed by atoms with Crippen LogP contribution in [0.25, 0.3) is 0 Å². The van der Waals surface area contributed by atoms with Gasteiger partial charge in [0, 0.05) is 18.3 Å². The van der Waals surface area contributed by atoms with Crippen molar-refractivity contribution in [3.05, 3.63) is 65.7 Å². The first-order valence-electron chi connectivity index (χ1n) is 8.17. The molecular weight excluding hydrogens is 270 g/mol. The Balaban J connectivity index is 1.57. The van der Waals surface area contributed by atoms with Gasteiger partial charge in [-0.1, -0.05) is 42.5 Å². The zero-order valence-corrected chi connectivity index (χ0v) is 13.0. The van der Waals surface area contributed by atoms with E-state index in [1.165, 1.54) is 24.0 Å². The van der Waals surface area contributed by atoms with Gasteiger partial charge in [-0.05, 0) is 55.1 Å². The first-order chi connectivity index (χ1) is 10.8. The quantitative estimate of drug-likeness (QED) is 0.793. The van der Waals surface area contributed by atoms with Crippen molar-refractivity contribution in [1.82, 2.24) is 5.32 Å². The summed E-state index contributed by atoms with van der Waals surface area (Å²) in [7, 11) is 0. The Labute approximate surface area is 132 Å². The molecule has 1 aliphatic heterocycles. The Morgan fingerprint density at radius 3 is 2.36 bits per heavy atom. The summed E-state index contributed by atoms with van der Waals surface area (Å²) >= 11 is 0. The molecule has 2 aromatic rings. The number of nitrogens with two attached hydrogens (primary N) is 1. The number of piperidine rings is 1. The van der Waals surface area contributed by atoms with E-state index in [2.05, 4.69) is 59.2 Å². The maximum absolute atomic E-state index is 6.44. The lowest BCUT2D eigenvalue weighted by Gasteiger charge is -2.28. The Morgan fingerprint density at radius 1 is 1.00 bits per heavy atom. The predicted molar refractivity (Wildman–Crippen MR) is 92.7 cm³/mol. The maximum atomic E-state index is 6.44. The number of nitrogens with one attached hydrogen (secondary N) is 2. The van der Waals surface area contributed by atoms with E-state index >= 15 is 0 Å². The first kappa shape index (κ1) is 15.1. The third-order valence-electron chi connectivity index (χ3n) is 4.53. The molecule has 0 aromatic heterocycles. The highest BCUT2D eigenvalue weighted by atomic mass is 14.9. The third kappa shape index (κ3) is 3.87. The van der Waals surface area contributed by atoms with E-state index < -0.39 is 0 Å². The second kappa shape index (κ2) is 7.43. The van der Waals surface area contributed by atoms with Crippen LogP contribution in [0.4, 0.5) is 5.69 Å². The monoisotopic (exact) mass is 295 g/mol. The van der Waals surface area contributed by atoms with Gasteiger partial charge in [-0.25, -0.2) is 0 Å². The van der Waals surface area contributed by atoms with E-state index in [9.17, 15) is 0 Å². The molecule has 4 N–H and O–H groups in total. The van der Waals surface area contributed by atoms with E-state index in [-0.39, 0.29) is 6.04 Å². The summed E-state index contributed by atoms with van der Waals surface area (Å²) in [5.41, 5.74) is 10.1. The number of rotatable bonds is 5. The van der Waals surface area contributed by atoms with Gasteiger partial charge in [0.1, 0.15) is 0 Å². The van der Waals surface area contributed by atoms with Crippen LogP contribution in [0.15, 0.2) is 54.6 Å². The van der Waals surface area contributed by atoms with Gasteiger partial charge in [0.15, 0.2) is 0 Å². The molecule has 22 heavy (non-hydrogen) atoms. The molecule has 0 aliphatic carbocycles. The average molecular weight is 295 g/mol. The number of hydrogen-bond donors (Lipinski definition) is 3. The molecule has 3 nitrogen and oxygen atoms in total. The lowest BCUT2D eigenvalue weighted by Crippen LogP contribution is -2.33. The molecule has 0 amide bonds. The number of hydrogen-bond acceptors (Lipinski definition) is 3. The summed E-state index contributed by atoms with van der Waals surface area (Å²) < 4.78 is 0. The second-order valence-corrected chi connectivity index (χ2v) is 6.07. The van der Waals surface area contributed by atoms with Crippen LogP contribution >= 0.6 is 0 Å². The molecule has 3 rings (SSSR count). The van der Waals surface area contributed by atoms with Gasteiger partial charge in [0.05, 0.1) is 0 Å². The van der Waals surface area contributed by atoms with E-state index in [1.807, 2.05) is 6.07 Å². The highest BCUT2D eigenvalue weighted by molar-refractivity contribution is 5.45. The Kier molecular flexibility index (Phi) is 5.09. The van der Waals surface area contributed by atoms with Crippen LogP contribution in [-0.4, -0.2) is 13.1 Å². The molecule has 1 saturated heterocycles. The summed E-state index contributed by atoms with van der Waals surface area (Å²) in [6, 6.07) is 19.2. The van der Waals surface area contributed by atoms with Crippen LogP contribution in [-0.2, 0) is 6.54 Å². The Bertz CT molecular complexity index is 559. The van der Waals surface area contributed by atoms with Gasteiger partial charge in [0.25, 0.3) is 0 Å². The molecule has 116 valence electrons. The van der Waals surface area contributed by atoms with Crippen molar-refractivity contribution in [2.45, 2.75) is 25.4 Å². The molecule has 0 saturated carbocycles. The third-order valence-corrected chi connectivity index (χ3v) is 4.53. The maximum Gasteiger partial charge on any atom is 0.0400 e. The molecule has 3 heteroatoms. The van der Waals surface area contributed by atoms with Crippen molar-refractivity contribution >= 4 is 5.69 Å². The van der Waals surface area contributed by atoms with Crippen LogP contribution < -0.4 is 16.4 Å². The van der Waals surface area contributed by atoms with E-state index in [0.717, 1.165) is 25.3 Å². The number of benzene rings is 2. The van der Waals surface area contributed by atoms with Crippen molar-refractivity contribution in [2.75, 3.05) is 18.4 Å². The molecular formula is C19H25N3. The summed E-state index contributed by atoms with van der Waals surface area (Å²) in [6.45, 7) is 3.03. The second-order valence-electron chi connectivity index (χ2n) is 6.07. The lowest BCUT2D eigenvalue weighted by atomic mass is 9.86. The summed E-state index contributed by atoms with van der Waals surface area (Å²) in [5.74, 6) is 0.601. The zero-order chi connectivity index (χ0) is 15.2. The van der Waals surface area contributed by atoms with Crippen LogP contribution in [0.1, 0.15) is 30.0 Å². The Morgan fingerprint density at radius 2 is 1.68 bits per heavy atom. The highest BCUT2D eigenvalue weighted by Gasteiger charge is 2.21. The van der Waals surface area contributed by atoms with Crippen LogP contribution in [0.3, 0.4) is 0 Å². The van der Waals surface area contributed by atoms with Crippen molar-refractivity contribution < 1.29 is 0 Å². The smallest absolute Gasteiger partial charge is 0.0400 e. The fourth-order valence-corrected chi connectivity index (χ4v) is 3.10. The summed E-state index contributed by atoms with van der Waals surface area (Å²) in [6.07, 6.45) is 2.35. The zero-order valence-electron chi connectivity index (χ0n) is 13.0. The van der Waals surface area contributed by atoms with Crippen LogP contribution in [0.2, 0.25) is 0 Å². The molecule has 0 radical (unpaired) electrons. The molecule has 0 spiro atoms. The highest BCUT2D eigenvalue weighted by Crippen LogP contribution is 2.27. The van der Waals surface area contributed by atoms with Gasteiger partial charge < -0.3 is 16.4 Å². The molecule has 1 aliphatic rings. The topological polar surface area (TPSA) is 50.1 Å². The van der Waals surface area contributed by atoms with Crippen molar-refractivity contribution in [3.8, 4) is 0 Å². The standard InChI is InChI=1S/C19H25N3/c20-19(17-10-12-21-13-11-17)16-6-8-18(9-7-16)22-14-15-4-2-1-3-5-15/h1-9,17,19,21-22H,10-14,20H2/t19-/m0/s1. The van der Waals surface area contributed by atoms with Crippen molar-refractivity contribution in [3.63, 3.8) is 0 Å². The average Bonchev–Trinajstić information content (AvgIpc) is 2.61. The van der Waals surface area contributed by atoms with E-state index in [4.69, 9.17) is 5.73 Å². The molecule has 1 fully saturated rings. The van der Waals surface area contributed by atoms with Crippen LogP contribution in [0.5, 0.6) is 0 Å². The van der Waals surface area contributed by atoms with Gasteiger partial charge in [-0.2, -0.15) is 0 Å². The fourth-order valence-electron chi connectivity index (χ4n) is 3.10. The van der Waals surface area contributed by atoms with Gasteiger partial charge in [-0.15, -0.1) is 0 Å². The molecule has 1 atom stereocenters. The van der Waals surface area contributed by atoms with E-state index in [1.54, 1.807) is 0 Å². The minimum atomic E-state index is 0.158. The van der Waals surface area contributed by atoms with Crippen molar-refractivity contribution in [2.24, 2.45) is 11.7 Å². The number of anilines is 1. The Hall–Kier alpha value is -1.84. The normalized spacial score (nSPS) is 17.1. The minimum Gasteiger partial charge on any atom is -0.381 e. The molecule has 0 bridgehead atoms. The molecule has 1 heterocycles. The van der Waals surface area contributed by atoms with E-state index in [0.29, 0.717) is 5.92 Å². The van der Waals surface area contributed by atoms with Gasteiger partial charge in [0.2, 0.25) is 0 Å². The molecule has 0 unspecified atom stereocenters. The fraction of sp³-hybridized carbons (Fsp3) is 0.368. The SMILES string of the molecule is N[C@@H](c1ccc(NCc2ccccc2)cc1)C1CCNCC1. The van der Waals surface area contributed by atoms with Crippen LogP contribution in [0, 0.1) is 5.92 Å². The van der Waals surface area contributed by atoms with Gasteiger partial charge >= 0.3 is 0 Å². The van der Waals surface area contributed by atoms with Gasteiger partial charge in [-0.3, -0.25) is 0 Å². The van der Waals surface area contributed by atoms with Crippen molar-refractivity contribution in [1.29, 1.82) is 0 Å². The summed E-state index contributed by atoms with van der Waals surface area (Å²) in [4.78, 5) is 0. The lowest BCUT2D eigenvalue weighted by molar-refractivity contribution is 0.322. The largest absolute Gasteiger partial charge is 0.381 e. The minimum absolute atomic E-state index is 0.158.